The highest BCUT2D eigenvalue weighted by atomic mass is 16.5. The Morgan fingerprint density at radius 2 is 1.89 bits per heavy atom. The molecular formula is C15H23NO3. The summed E-state index contributed by atoms with van der Waals surface area (Å²) in [6, 6.07) is 5.54. The number of carbonyl (C=O) groups is 1. The molecule has 106 valence electrons. The molecule has 1 N–H and O–H groups in total. The maximum absolute atomic E-state index is 11.8. The highest BCUT2D eigenvalue weighted by Crippen LogP contribution is 2.24. The zero-order valence-electron chi connectivity index (χ0n) is 12.4. The quantitative estimate of drug-likeness (QED) is 0.890. The van der Waals surface area contributed by atoms with Gasteiger partial charge in [-0.15, -0.1) is 0 Å². The van der Waals surface area contributed by atoms with Gasteiger partial charge in [-0.2, -0.15) is 0 Å². The largest absolute Gasteiger partial charge is 0.497 e. The predicted octanol–water partition coefficient (Wildman–Crippen LogP) is 2.76. The van der Waals surface area contributed by atoms with Gasteiger partial charge in [-0.25, -0.2) is 0 Å². The number of benzene rings is 1. The lowest BCUT2D eigenvalue weighted by Gasteiger charge is -2.18. The van der Waals surface area contributed by atoms with Gasteiger partial charge in [-0.3, -0.25) is 4.79 Å². The summed E-state index contributed by atoms with van der Waals surface area (Å²) in [7, 11) is 3.23. The van der Waals surface area contributed by atoms with E-state index in [9.17, 15) is 4.79 Å². The second-order valence-corrected chi connectivity index (χ2v) is 5.69. The van der Waals surface area contributed by atoms with Crippen molar-refractivity contribution in [2.45, 2.75) is 33.7 Å². The number of rotatable bonds is 5. The Kier molecular flexibility index (Phi) is 5.21. The molecule has 0 fully saturated rings. The highest BCUT2D eigenvalue weighted by Gasteiger charge is 2.16. The van der Waals surface area contributed by atoms with Crippen molar-refractivity contribution in [3.8, 4) is 11.5 Å². The van der Waals surface area contributed by atoms with E-state index in [1.807, 2.05) is 39.0 Å². The lowest BCUT2D eigenvalue weighted by atomic mass is 9.92. The second kappa shape index (κ2) is 6.45. The van der Waals surface area contributed by atoms with Crippen LogP contribution in [0.5, 0.6) is 11.5 Å². The molecule has 4 heteroatoms. The van der Waals surface area contributed by atoms with Crippen LogP contribution >= 0.6 is 0 Å². The van der Waals surface area contributed by atoms with Gasteiger partial charge in [0.1, 0.15) is 11.5 Å². The monoisotopic (exact) mass is 265 g/mol. The van der Waals surface area contributed by atoms with Crippen LogP contribution in [-0.2, 0) is 11.3 Å². The van der Waals surface area contributed by atoms with Crippen molar-refractivity contribution in [2.24, 2.45) is 5.41 Å². The van der Waals surface area contributed by atoms with Gasteiger partial charge in [0.25, 0.3) is 0 Å². The maximum atomic E-state index is 11.8. The van der Waals surface area contributed by atoms with Crippen molar-refractivity contribution < 1.29 is 14.3 Å². The van der Waals surface area contributed by atoms with Crippen molar-refractivity contribution in [1.82, 2.24) is 5.32 Å². The molecule has 0 radical (unpaired) electrons. The van der Waals surface area contributed by atoms with E-state index in [0.29, 0.717) is 13.0 Å². The van der Waals surface area contributed by atoms with Gasteiger partial charge >= 0.3 is 0 Å². The van der Waals surface area contributed by atoms with Crippen LogP contribution in [0, 0.1) is 5.41 Å². The summed E-state index contributed by atoms with van der Waals surface area (Å²) in [4.78, 5) is 11.8. The number of nitrogens with one attached hydrogen (secondary N) is 1. The van der Waals surface area contributed by atoms with E-state index in [2.05, 4.69) is 5.32 Å². The van der Waals surface area contributed by atoms with E-state index in [1.165, 1.54) is 0 Å². The van der Waals surface area contributed by atoms with Crippen LogP contribution in [0.25, 0.3) is 0 Å². The number of methoxy groups -OCH3 is 2. The predicted molar refractivity (Wildman–Crippen MR) is 75.5 cm³/mol. The maximum Gasteiger partial charge on any atom is 0.220 e. The molecule has 0 aliphatic rings. The summed E-state index contributed by atoms with van der Waals surface area (Å²) in [5.41, 5.74) is 0.895. The molecule has 0 aromatic heterocycles. The Morgan fingerprint density at radius 3 is 2.42 bits per heavy atom. The zero-order chi connectivity index (χ0) is 14.5. The smallest absolute Gasteiger partial charge is 0.220 e. The molecule has 0 atom stereocenters. The van der Waals surface area contributed by atoms with E-state index >= 15 is 0 Å². The topological polar surface area (TPSA) is 47.6 Å². The lowest BCUT2D eigenvalue weighted by Crippen LogP contribution is -2.27. The standard InChI is InChI=1S/C15H23NO3/c1-15(2,3)9-14(17)16-10-11-8-12(18-4)6-7-13(11)19-5/h6-8H,9-10H2,1-5H3,(H,16,17). The van der Waals surface area contributed by atoms with Gasteiger partial charge in [0.05, 0.1) is 14.2 Å². The van der Waals surface area contributed by atoms with Gasteiger partial charge in [-0.1, -0.05) is 20.8 Å². The van der Waals surface area contributed by atoms with Gasteiger partial charge in [-0.05, 0) is 23.6 Å². The number of hydrogen-bond donors (Lipinski definition) is 1. The van der Waals surface area contributed by atoms with E-state index in [-0.39, 0.29) is 11.3 Å². The van der Waals surface area contributed by atoms with Crippen molar-refractivity contribution >= 4 is 5.91 Å². The molecule has 0 bridgehead atoms. The molecule has 19 heavy (non-hydrogen) atoms. The molecule has 0 saturated carbocycles. The van der Waals surface area contributed by atoms with Crippen LogP contribution in [0.3, 0.4) is 0 Å². The number of ether oxygens (including phenoxy) is 2. The van der Waals surface area contributed by atoms with Crippen molar-refractivity contribution in [3.05, 3.63) is 23.8 Å². The van der Waals surface area contributed by atoms with Crippen LogP contribution in [0.1, 0.15) is 32.8 Å². The van der Waals surface area contributed by atoms with E-state index < -0.39 is 0 Å². The summed E-state index contributed by atoms with van der Waals surface area (Å²) in [6.45, 7) is 6.56. The minimum atomic E-state index is -0.0114. The summed E-state index contributed by atoms with van der Waals surface area (Å²) in [5, 5.41) is 2.91. The van der Waals surface area contributed by atoms with E-state index in [4.69, 9.17) is 9.47 Å². The summed E-state index contributed by atoms with van der Waals surface area (Å²) in [6.07, 6.45) is 0.499. The van der Waals surface area contributed by atoms with Crippen LogP contribution in [-0.4, -0.2) is 20.1 Å². The fourth-order valence-electron chi connectivity index (χ4n) is 1.76. The first-order valence-corrected chi connectivity index (χ1v) is 6.33. The highest BCUT2D eigenvalue weighted by molar-refractivity contribution is 5.76. The number of carbonyl (C=O) groups excluding carboxylic acids is 1. The molecule has 1 amide bonds. The average molecular weight is 265 g/mol. The number of amides is 1. The molecule has 1 aromatic rings. The molecule has 0 aliphatic heterocycles. The Morgan fingerprint density at radius 1 is 1.21 bits per heavy atom. The third-order valence-corrected chi connectivity index (χ3v) is 2.65. The molecule has 0 saturated heterocycles. The molecule has 0 unspecified atom stereocenters. The first kappa shape index (κ1) is 15.3. The summed E-state index contributed by atoms with van der Waals surface area (Å²) >= 11 is 0. The fraction of sp³-hybridized carbons (Fsp3) is 0.533. The minimum absolute atomic E-state index is 0.0114. The molecule has 1 rings (SSSR count). The average Bonchev–Trinajstić information content (AvgIpc) is 2.33. The third kappa shape index (κ3) is 5.20. The Labute approximate surface area is 115 Å². The van der Waals surface area contributed by atoms with E-state index in [1.54, 1.807) is 14.2 Å². The third-order valence-electron chi connectivity index (χ3n) is 2.65. The molecular weight excluding hydrogens is 242 g/mol. The number of hydrogen-bond acceptors (Lipinski definition) is 3. The summed E-state index contributed by atoms with van der Waals surface area (Å²) in [5.74, 6) is 1.54. The summed E-state index contributed by atoms with van der Waals surface area (Å²) < 4.78 is 10.4. The molecule has 0 spiro atoms. The molecule has 0 heterocycles. The van der Waals surface area contributed by atoms with Crippen LogP contribution < -0.4 is 14.8 Å². The minimum Gasteiger partial charge on any atom is -0.497 e. The Balaban J connectivity index is 2.68. The lowest BCUT2D eigenvalue weighted by molar-refractivity contribution is -0.122. The van der Waals surface area contributed by atoms with E-state index in [0.717, 1.165) is 17.1 Å². The molecule has 4 nitrogen and oxygen atoms in total. The van der Waals surface area contributed by atoms with Gasteiger partial charge in [0.2, 0.25) is 5.91 Å². The van der Waals surface area contributed by atoms with Crippen molar-refractivity contribution in [1.29, 1.82) is 0 Å². The van der Waals surface area contributed by atoms with Crippen LogP contribution in [0.4, 0.5) is 0 Å². The zero-order valence-corrected chi connectivity index (χ0v) is 12.4. The first-order valence-electron chi connectivity index (χ1n) is 6.33. The Bertz CT molecular complexity index is 436. The van der Waals surface area contributed by atoms with Gasteiger partial charge in [0.15, 0.2) is 0 Å². The van der Waals surface area contributed by atoms with Gasteiger partial charge in [0, 0.05) is 18.5 Å². The van der Waals surface area contributed by atoms with Gasteiger partial charge < -0.3 is 14.8 Å². The normalized spacial score (nSPS) is 11.0. The van der Waals surface area contributed by atoms with Crippen molar-refractivity contribution in [3.63, 3.8) is 0 Å². The molecule has 1 aromatic carbocycles. The Hall–Kier alpha value is -1.71. The van der Waals surface area contributed by atoms with Crippen LogP contribution in [0.2, 0.25) is 0 Å². The van der Waals surface area contributed by atoms with Crippen LogP contribution in [0.15, 0.2) is 18.2 Å². The first-order chi connectivity index (χ1) is 8.85. The fourth-order valence-corrected chi connectivity index (χ4v) is 1.76. The van der Waals surface area contributed by atoms with Crippen molar-refractivity contribution in [2.75, 3.05) is 14.2 Å². The molecule has 0 aliphatic carbocycles. The SMILES string of the molecule is COc1ccc(OC)c(CNC(=O)CC(C)(C)C)c1. The second-order valence-electron chi connectivity index (χ2n) is 5.69.